The van der Waals surface area contributed by atoms with Crippen LogP contribution < -0.4 is 10.1 Å². The molecule has 1 N–H and O–H groups in total. The SMILES string of the molecule is CO[C@@H]1CN(C)C(=O)c2ccc(NC(=O)CC(F)(F)F)cc2OC[C@@H](C)N(C(=O)C2CCC2)C[C@H]1C. The number of nitrogens with one attached hydrogen (secondary N) is 1. The van der Waals surface area contributed by atoms with Crippen LogP contribution in [0.4, 0.5) is 18.9 Å². The van der Waals surface area contributed by atoms with Gasteiger partial charge in [0, 0.05) is 50.8 Å². The smallest absolute Gasteiger partial charge is 0.397 e. The summed E-state index contributed by atoms with van der Waals surface area (Å²) in [5, 5.41) is 2.20. The Kier molecular flexibility index (Phi) is 8.86. The Morgan fingerprint density at radius 2 is 1.89 bits per heavy atom. The Labute approximate surface area is 209 Å². The topological polar surface area (TPSA) is 88.2 Å². The van der Waals surface area contributed by atoms with Gasteiger partial charge in [0.25, 0.3) is 5.91 Å². The fourth-order valence-corrected chi connectivity index (χ4v) is 4.43. The second-order valence-corrected chi connectivity index (χ2v) is 9.77. The summed E-state index contributed by atoms with van der Waals surface area (Å²) in [6.07, 6.45) is -3.87. The van der Waals surface area contributed by atoms with Crippen LogP contribution in [0.1, 0.15) is 49.9 Å². The van der Waals surface area contributed by atoms with Gasteiger partial charge >= 0.3 is 6.18 Å². The minimum absolute atomic E-state index is 0.0134. The van der Waals surface area contributed by atoms with Crippen molar-refractivity contribution >= 4 is 23.4 Å². The summed E-state index contributed by atoms with van der Waals surface area (Å²) in [5.41, 5.74) is 0.266. The standard InChI is InChI=1S/C25H34F3N3O5/c1-15-12-31(23(33)17-6-5-7-17)16(2)14-36-20-10-18(29-22(32)11-25(26,27)28)8-9-19(20)24(34)30(3)13-21(15)35-4/h8-10,15-17,21H,5-7,11-14H2,1-4H3,(H,29,32)/t15-,16-,21-/m1/s1. The Bertz CT molecular complexity index is 967. The average Bonchev–Trinajstić information content (AvgIpc) is 2.75. The first-order valence-electron chi connectivity index (χ1n) is 12.1. The van der Waals surface area contributed by atoms with Crippen molar-refractivity contribution in [3.05, 3.63) is 23.8 Å². The first-order valence-corrected chi connectivity index (χ1v) is 12.1. The van der Waals surface area contributed by atoms with Crippen LogP contribution in [0.25, 0.3) is 0 Å². The number of fused-ring (bicyclic) bond motifs is 1. The van der Waals surface area contributed by atoms with E-state index in [-0.39, 0.29) is 65.9 Å². The highest BCUT2D eigenvalue weighted by molar-refractivity contribution is 5.98. The molecule has 0 spiro atoms. The number of amides is 3. The van der Waals surface area contributed by atoms with E-state index in [2.05, 4.69) is 5.32 Å². The van der Waals surface area contributed by atoms with Gasteiger partial charge in [-0.25, -0.2) is 0 Å². The third kappa shape index (κ3) is 6.89. The molecule has 0 aromatic heterocycles. The van der Waals surface area contributed by atoms with Gasteiger partial charge in [0.1, 0.15) is 18.8 Å². The van der Waals surface area contributed by atoms with Crippen LogP contribution in [0.2, 0.25) is 0 Å². The number of rotatable bonds is 4. The molecule has 3 amide bonds. The molecule has 3 atom stereocenters. The molecule has 1 aliphatic carbocycles. The van der Waals surface area contributed by atoms with E-state index in [1.165, 1.54) is 23.1 Å². The lowest BCUT2D eigenvalue weighted by atomic mass is 9.83. The molecule has 1 aromatic rings. The zero-order valence-corrected chi connectivity index (χ0v) is 21.1. The number of anilines is 1. The number of likely N-dealkylation sites (N-methyl/N-ethyl adjacent to an activating group) is 1. The molecular weight excluding hydrogens is 479 g/mol. The molecule has 1 fully saturated rings. The highest BCUT2D eigenvalue weighted by Crippen LogP contribution is 2.31. The van der Waals surface area contributed by atoms with E-state index >= 15 is 0 Å². The molecule has 0 bridgehead atoms. The lowest BCUT2D eigenvalue weighted by Gasteiger charge is -2.39. The predicted octanol–water partition coefficient (Wildman–Crippen LogP) is 3.71. The Morgan fingerprint density at radius 3 is 2.47 bits per heavy atom. The lowest BCUT2D eigenvalue weighted by Crippen LogP contribution is -2.51. The van der Waals surface area contributed by atoms with Crippen LogP contribution >= 0.6 is 0 Å². The summed E-state index contributed by atoms with van der Waals surface area (Å²) >= 11 is 0. The number of hydrogen-bond acceptors (Lipinski definition) is 5. The van der Waals surface area contributed by atoms with Gasteiger partial charge in [-0.15, -0.1) is 0 Å². The number of alkyl halides is 3. The van der Waals surface area contributed by atoms with E-state index in [1.807, 2.05) is 13.8 Å². The van der Waals surface area contributed by atoms with Crippen LogP contribution in [0.3, 0.4) is 0 Å². The quantitative estimate of drug-likeness (QED) is 0.663. The third-order valence-electron chi connectivity index (χ3n) is 6.83. The van der Waals surface area contributed by atoms with E-state index in [9.17, 15) is 27.6 Å². The fraction of sp³-hybridized carbons (Fsp3) is 0.640. The van der Waals surface area contributed by atoms with Crippen molar-refractivity contribution in [3.8, 4) is 5.75 Å². The number of hydrogen-bond donors (Lipinski definition) is 1. The van der Waals surface area contributed by atoms with E-state index in [0.717, 1.165) is 19.3 Å². The molecule has 36 heavy (non-hydrogen) atoms. The van der Waals surface area contributed by atoms with E-state index in [0.29, 0.717) is 6.54 Å². The second-order valence-electron chi connectivity index (χ2n) is 9.77. The average molecular weight is 514 g/mol. The van der Waals surface area contributed by atoms with E-state index in [1.54, 1.807) is 19.1 Å². The number of carbonyl (C=O) groups excluding carboxylic acids is 3. The minimum Gasteiger partial charge on any atom is -0.491 e. The van der Waals surface area contributed by atoms with Gasteiger partial charge in [0.2, 0.25) is 11.8 Å². The van der Waals surface area contributed by atoms with Gasteiger partial charge in [-0.2, -0.15) is 13.2 Å². The molecule has 200 valence electrons. The summed E-state index contributed by atoms with van der Waals surface area (Å²) in [5.74, 6) is -1.47. The maximum absolute atomic E-state index is 13.2. The number of halogens is 3. The zero-order chi connectivity index (χ0) is 26.6. The first kappa shape index (κ1) is 27.8. The van der Waals surface area contributed by atoms with Crippen LogP contribution in [-0.2, 0) is 14.3 Å². The van der Waals surface area contributed by atoms with Crippen LogP contribution in [0.5, 0.6) is 5.75 Å². The van der Waals surface area contributed by atoms with Crippen molar-refractivity contribution < 1.29 is 37.0 Å². The first-order chi connectivity index (χ1) is 16.9. The van der Waals surface area contributed by atoms with Crippen LogP contribution in [0.15, 0.2) is 18.2 Å². The normalized spacial score (nSPS) is 24.1. The molecule has 1 heterocycles. The molecule has 11 heteroatoms. The van der Waals surface area contributed by atoms with Crippen LogP contribution in [0, 0.1) is 11.8 Å². The number of ether oxygens (including phenoxy) is 2. The number of benzene rings is 1. The summed E-state index contributed by atoms with van der Waals surface area (Å²) < 4.78 is 49.4. The van der Waals surface area contributed by atoms with Crippen molar-refractivity contribution in [3.63, 3.8) is 0 Å². The number of carbonyl (C=O) groups is 3. The zero-order valence-electron chi connectivity index (χ0n) is 21.1. The number of nitrogens with zero attached hydrogens (tertiary/aromatic N) is 2. The van der Waals surface area contributed by atoms with Crippen molar-refractivity contribution in [2.75, 3.05) is 39.2 Å². The molecule has 1 saturated carbocycles. The minimum atomic E-state index is -4.64. The van der Waals surface area contributed by atoms with E-state index in [4.69, 9.17) is 9.47 Å². The Hall–Kier alpha value is -2.82. The van der Waals surface area contributed by atoms with Crippen molar-refractivity contribution in [2.45, 2.75) is 57.9 Å². The maximum atomic E-state index is 13.2. The second kappa shape index (κ2) is 11.5. The third-order valence-corrected chi connectivity index (χ3v) is 6.83. The largest absolute Gasteiger partial charge is 0.491 e. The predicted molar refractivity (Wildman–Crippen MR) is 127 cm³/mol. The molecule has 0 saturated heterocycles. The summed E-state index contributed by atoms with van der Waals surface area (Å²) in [7, 11) is 3.19. The lowest BCUT2D eigenvalue weighted by molar-refractivity contribution is -0.150. The molecule has 0 unspecified atom stereocenters. The molecule has 8 nitrogen and oxygen atoms in total. The summed E-state index contributed by atoms with van der Waals surface area (Å²) in [4.78, 5) is 41.5. The molecule has 0 radical (unpaired) electrons. The number of methoxy groups -OCH3 is 1. The molecule has 1 aromatic carbocycles. The van der Waals surface area contributed by atoms with Gasteiger partial charge in [0.05, 0.1) is 17.7 Å². The Balaban J connectivity index is 1.91. The highest BCUT2D eigenvalue weighted by Gasteiger charge is 2.35. The highest BCUT2D eigenvalue weighted by atomic mass is 19.4. The van der Waals surface area contributed by atoms with Gasteiger partial charge in [-0.05, 0) is 31.9 Å². The van der Waals surface area contributed by atoms with Gasteiger partial charge in [0.15, 0.2) is 0 Å². The molecular formula is C25H34F3N3O5. The summed E-state index contributed by atoms with van der Waals surface area (Å²) in [6, 6.07) is 3.78. The fourth-order valence-electron chi connectivity index (χ4n) is 4.43. The van der Waals surface area contributed by atoms with Gasteiger partial charge < -0.3 is 24.6 Å². The Morgan fingerprint density at radius 1 is 1.19 bits per heavy atom. The summed E-state index contributed by atoms with van der Waals surface area (Å²) in [6.45, 7) is 4.60. The molecule has 1 aliphatic heterocycles. The molecule has 3 rings (SSSR count). The van der Waals surface area contributed by atoms with Crippen LogP contribution in [-0.4, -0.2) is 79.7 Å². The van der Waals surface area contributed by atoms with Gasteiger partial charge in [-0.3, -0.25) is 14.4 Å². The van der Waals surface area contributed by atoms with Gasteiger partial charge in [-0.1, -0.05) is 13.3 Å². The molecule has 2 aliphatic rings. The maximum Gasteiger partial charge on any atom is 0.397 e. The van der Waals surface area contributed by atoms with E-state index < -0.39 is 18.5 Å². The van der Waals surface area contributed by atoms with Crippen molar-refractivity contribution in [1.82, 2.24) is 9.80 Å². The van der Waals surface area contributed by atoms with Crippen molar-refractivity contribution in [2.24, 2.45) is 11.8 Å². The van der Waals surface area contributed by atoms with Crippen molar-refractivity contribution in [1.29, 1.82) is 0 Å². The monoisotopic (exact) mass is 513 g/mol.